The van der Waals surface area contributed by atoms with Crippen molar-refractivity contribution in [2.45, 2.75) is 22.4 Å². The molecule has 12 heteroatoms. The van der Waals surface area contributed by atoms with Gasteiger partial charge in [-0.2, -0.15) is 0 Å². The molecule has 2 rings (SSSR count). The molecule has 118 valence electrons. The number of halogens is 1. The van der Waals surface area contributed by atoms with Crippen molar-refractivity contribution in [2.75, 3.05) is 6.61 Å². The third-order valence-electron chi connectivity index (χ3n) is 2.81. The Balaban J connectivity index is 2.20. The summed E-state index contributed by atoms with van der Waals surface area (Å²) in [6.07, 6.45) is -0.915. The first kappa shape index (κ1) is 16.8. The molecule has 2 heterocycles. The van der Waals surface area contributed by atoms with Gasteiger partial charge in [0.2, 0.25) is 3.73 Å². The van der Waals surface area contributed by atoms with Gasteiger partial charge in [-0.15, -0.1) is 0 Å². The van der Waals surface area contributed by atoms with Crippen LogP contribution in [0.15, 0.2) is 21.9 Å². The molecule has 1 aromatic rings. The number of ether oxygens (including phenoxy) is 1. The average molecular weight is 434 g/mol. The molecule has 0 saturated carbocycles. The van der Waals surface area contributed by atoms with Crippen LogP contribution in [0, 0.1) is 0 Å². The van der Waals surface area contributed by atoms with Crippen LogP contribution in [0.25, 0.3) is 0 Å². The molecule has 0 unspecified atom stereocenters. The average Bonchev–Trinajstić information content (AvgIpc) is 2.61. The van der Waals surface area contributed by atoms with Gasteiger partial charge in [0, 0.05) is 18.7 Å². The Morgan fingerprint density at radius 3 is 2.81 bits per heavy atom. The molecule has 21 heavy (non-hydrogen) atoms. The van der Waals surface area contributed by atoms with Crippen LogP contribution in [-0.4, -0.2) is 43.3 Å². The second-order valence-electron chi connectivity index (χ2n) is 4.38. The van der Waals surface area contributed by atoms with Gasteiger partial charge in [-0.3, -0.25) is 18.9 Å². The fourth-order valence-electron chi connectivity index (χ4n) is 1.90. The lowest BCUT2D eigenvalue weighted by atomic mass is 10.2. The molecule has 0 aromatic carbocycles. The van der Waals surface area contributed by atoms with Gasteiger partial charge in [0.1, 0.15) is 6.10 Å². The number of alkyl halides is 1. The van der Waals surface area contributed by atoms with Gasteiger partial charge in [0.05, 0.1) is 12.7 Å². The maximum Gasteiger partial charge on any atom is 0.469 e. The summed E-state index contributed by atoms with van der Waals surface area (Å²) in [6, 6.07) is 1.12. The first-order chi connectivity index (χ1) is 9.61. The Morgan fingerprint density at radius 2 is 2.24 bits per heavy atom. The van der Waals surface area contributed by atoms with E-state index < -0.39 is 41.6 Å². The highest BCUT2D eigenvalue weighted by atomic mass is 127. The number of nitrogens with one attached hydrogen (secondary N) is 1. The van der Waals surface area contributed by atoms with Crippen molar-refractivity contribution in [3.8, 4) is 0 Å². The monoisotopic (exact) mass is 434 g/mol. The predicted octanol–water partition coefficient (Wildman–Crippen LogP) is -1.16. The van der Waals surface area contributed by atoms with Crippen LogP contribution in [0.2, 0.25) is 0 Å². The number of hydrogen-bond donors (Lipinski definition) is 4. The third-order valence-corrected chi connectivity index (χ3v) is 4.51. The molecule has 0 spiro atoms. The minimum Gasteiger partial charge on any atom is -0.390 e. The molecule has 0 bridgehead atoms. The number of rotatable bonds is 4. The maximum absolute atomic E-state index is 11.7. The molecular weight excluding hydrogens is 422 g/mol. The van der Waals surface area contributed by atoms with Crippen molar-refractivity contribution in [1.82, 2.24) is 9.55 Å². The van der Waals surface area contributed by atoms with E-state index >= 15 is 0 Å². The molecule has 0 radical (unpaired) electrons. The van der Waals surface area contributed by atoms with Gasteiger partial charge in [-0.1, -0.05) is 0 Å². The molecule has 0 aliphatic carbocycles. The Morgan fingerprint density at radius 1 is 1.57 bits per heavy atom. The molecule has 3 atom stereocenters. The van der Waals surface area contributed by atoms with Crippen molar-refractivity contribution >= 4 is 30.4 Å². The Labute approximate surface area is 131 Å². The second kappa shape index (κ2) is 5.91. The highest BCUT2D eigenvalue weighted by Gasteiger charge is 2.46. The van der Waals surface area contributed by atoms with Gasteiger partial charge in [0.15, 0.2) is 0 Å². The van der Waals surface area contributed by atoms with Crippen LogP contribution < -0.4 is 11.2 Å². The molecule has 1 aromatic heterocycles. The van der Waals surface area contributed by atoms with E-state index in [0.717, 1.165) is 10.6 Å². The quantitative estimate of drug-likeness (QED) is 0.263. The second-order valence-corrected chi connectivity index (χ2v) is 7.31. The van der Waals surface area contributed by atoms with Gasteiger partial charge >= 0.3 is 13.5 Å². The number of aromatic amines is 1. The molecule has 10 nitrogen and oxygen atoms in total. The van der Waals surface area contributed by atoms with Crippen LogP contribution in [0.3, 0.4) is 0 Å². The topological polar surface area (TPSA) is 151 Å². The Hall–Kier alpha value is -0.560. The van der Waals surface area contributed by atoms with Crippen LogP contribution in [0.4, 0.5) is 0 Å². The van der Waals surface area contributed by atoms with E-state index in [0.29, 0.717) is 0 Å². The van der Waals surface area contributed by atoms with Crippen molar-refractivity contribution in [2.24, 2.45) is 0 Å². The largest absolute Gasteiger partial charge is 0.469 e. The number of aromatic nitrogens is 2. The summed E-state index contributed by atoms with van der Waals surface area (Å²) in [4.78, 5) is 42.1. The van der Waals surface area contributed by atoms with E-state index in [1.165, 1.54) is 6.20 Å². The first-order valence-corrected chi connectivity index (χ1v) is 8.29. The zero-order chi connectivity index (χ0) is 15.8. The molecule has 1 aliphatic heterocycles. The van der Waals surface area contributed by atoms with Crippen molar-refractivity contribution < 1.29 is 28.7 Å². The lowest BCUT2D eigenvalue weighted by Gasteiger charge is -2.24. The molecular formula is C9H12IN2O8P. The lowest BCUT2D eigenvalue weighted by molar-refractivity contribution is -0.0544. The smallest absolute Gasteiger partial charge is 0.390 e. The number of nitrogens with zero attached hydrogens (tertiary/aromatic N) is 1. The summed E-state index contributed by atoms with van der Waals surface area (Å²) in [5.41, 5.74) is -1.29. The first-order valence-electron chi connectivity index (χ1n) is 5.68. The number of aliphatic hydroxyl groups is 1. The zero-order valence-corrected chi connectivity index (χ0v) is 13.4. The molecule has 4 N–H and O–H groups in total. The van der Waals surface area contributed by atoms with E-state index in [1.807, 2.05) is 0 Å². The molecule has 0 amide bonds. The highest BCUT2D eigenvalue weighted by Crippen LogP contribution is 2.42. The Kier molecular flexibility index (Phi) is 4.73. The molecule has 1 saturated heterocycles. The van der Waals surface area contributed by atoms with E-state index in [4.69, 9.17) is 14.5 Å². The standard InChI is InChI=1S/C9H12IN2O8P/c10-9(12-2-1-7(14)11-8(12)15)3-5(13)6(20-9)4-19-21(16,17)18/h1-2,5-6,13H,3-4H2,(H,11,14,15)(H2,16,17,18)/t5-,6+,9-/m0/s1. The summed E-state index contributed by atoms with van der Waals surface area (Å²) >= 11 is 1.77. The fourth-order valence-corrected chi connectivity index (χ4v) is 3.40. The SMILES string of the molecule is O=c1ccn([C@@]2(I)C[C@H](O)[C@@H](COP(=O)(O)O)O2)c(=O)[nH]1. The summed E-state index contributed by atoms with van der Waals surface area (Å²) in [5.74, 6) is 0. The normalized spacial score (nSPS) is 29.7. The summed E-state index contributed by atoms with van der Waals surface area (Å²) < 4.78 is 20.2. The number of phosphoric acid groups is 1. The summed E-state index contributed by atoms with van der Waals surface area (Å²) in [5, 5.41) is 9.88. The lowest BCUT2D eigenvalue weighted by Crippen LogP contribution is -2.40. The van der Waals surface area contributed by atoms with E-state index in [-0.39, 0.29) is 6.42 Å². The van der Waals surface area contributed by atoms with Gasteiger partial charge in [-0.25, -0.2) is 9.36 Å². The van der Waals surface area contributed by atoms with Gasteiger partial charge in [-0.05, 0) is 22.6 Å². The minimum absolute atomic E-state index is 0.0192. The third kappa shape index (κ3) is 4.00. The number of phosphoric ester groups is 1. The zero-order valence-electron chi connectivity index (χ0n) is 10.4. The van der Waals surface area contributed by atoms with Crippen molar-refractivity contribution in [3.63, 3.8) is 0 Å². The number of aliphatic hydroxyl groups excluding tert-OH is 1. The van der Waals surface area contributed by atoms with Gasteiger partial charge in [0.25, 0.3) is 5.56 Å². The van der Waals surface area contributed by atoms with Gasteiger partial charge < -0.3 is 19.6 Å². The van der Waals surface area contributed by atoms with Crippen molar-refractivity contribution in [3.05, 3.63) is 33.1 Å². The van der Waals surface area contributed by atoms with Crippen LogP contribution in [-0.2, 0) is 17.6 Å². The minimum atomic E-state index is -4.68. The summed E-state index contributed by atoms with van der Waals surface area (Å²) in [6.45, 7) is -0.533. The van der Waals surface area contributed by atoms with Crippen LogP contribution in [0.1, 0.15) is 6.42 Å². The highest BCUT2D eigenvalue weighted by molar-refractivity contribution is 14.1. The number of hydrogen-bond acceptors (Lipinski definition) is 6. The van der Waals surface area contributed by atoms with E-state index in [9.17, 15) is 19.3 Å². The maximum atomic E-state index is 11.7. The number of H-pyrrole nitrogens is 1. The predicted molar refractivity (Wildman–Crippen MR) is 76.8 cm³/mol. The van der Waals surface area contributed by atoms with Crippen LogP contribution >= 0.6 is 30.4 Å². The molecule has 1 aliphatic rings. The Bertz CT molecular complexity index is 683. The van der Waals surface area contributed by atoms with E-state index in [2.05, 4.69) is 9.51 Å². The summed E-state index contributed by atoms with van der Waals surface area (Å²) in [7, 11) is -4.68. The van der Waals surface area contributed by atoms with E-state index in [1.54, 1.807) is 22.6 Å². The molecule has 1 fully saturated rings. The van der Waals surface area contributed by atoms with Crippen molar-refractivity contribution in [1.29, 1.82) is 0 Å². The van der Waals surface area contributed by atoms with Crippen LogP contribution in [0.5, 0.6) is 0 Å². The fraction of sp³-hybridized carbons (Fsp3) is 0.556.